The molecular weight excluding hydrogens is 288 g/mol. The summed E-state index contributed by atoms with van der Waals surface area (Å²) >= 11 is 0. The van der Waals surface area contributed by atoms with Crippen LogP contribution in [0, 0.1) is 31.6 Å². The van der Waals surface area contributed by atoms with E-state index in [0.717, 1.165) is 17.9 Å². The first kappa shape index (κ1) is 19.5. The standard InChI is InChI=1S/C20H32O3/c1-8-12(2)9-13(3)10-14(4)11-15(5)19-16(6)18(21)17(7)20(22)23-19/h11-14,21H,8-10H2,1-7H3/b15-11-/t12-,13+,14-/m0/s1. The van der Waals surface area contributed by atoms with Gasteiger partial charge >= 0.3 is 5.63 Å². The maximum absolute atomic E-state index is 11.8. The van der Waals surface area contributed by atoms with Gasteiger partial charge in [-0.3, -0.25) is 0 Å². The van der Waals surface area contributed by atoms with E-state index in [1.54, 1.807) is 13.8 Å². The Morgan fingerprint density at radius 3 is 2.30 bits per heavy atom. The first-order valence-electron chi connectivity index (χ1n) is 8.69. The number of rotatable bonds is 7. The van der Waals surface area contributed by atoms with Gasteiger partial charge in [-0.15, -0.1) is 0 Å². The first-order chi connectivity index (χ1) is 10.7. The van der Waals surface area contributed by atoms with Crippen molar-refractivity contribution in [2.24, 2.45) is 17.8 Å². The molecule has 3 nitrogen and oxygen atoms in total. The Kier molecular flexibility index (Phi) is 7.11. The first-order valence-corrected chi connectivity index (χ1v) is 8.69. The number of hydrogen-bond donors (Lipinski definition) is 1. The summed E-state index contributed by atoms with van der Waals surface area (Å²) in [5.74, 6) is 2.38. The Hall–Kier alpha value is -1.51. The lowest BCUT2D eigenvalue weighted by Crippen LogP contribution is -2.08. The minimum Gasteiger partial charge on any atom is -0.507 e. The predicted octanol–water partition coefficient (Wildman–Crippen LogP) is 5.46. The molecule has 0 radical (unpaired) electrons. The maximum atomic E-state index is 11.8. The van der Waals surface area contributed by atoms with Crippen LogP contribution in [0.4, 0.5) is 0 Å². The molecule has 1 rings (SSSR count). The third-order valence-electron chi connectivity index (χ3n) is 4.72. The van der Waals surface area contributed by atoms with E-state index in [9.17, 15) is 9.90 Å². The van der Waals surface area contributed by atoms with Crippen LogP contribution in [0.3, 0.4) is 0 Å². The van der Waals surface area contributed by atoms with E-state index < -0.39 is 5.63 Å². The van der Waals surface area contributed by atoms with E-state index in [1.165, 1.54) is 12.8 Å². The fourth-order valence-electron chi connectivity index (χ4n) is 3.26. The SMILES string of the molecule is CC[C@H](C)C[C@@H](C)C[C@H](C)/C=C(/C)c1oc(=O)c(C)c(O)c1C. The third-order valence-corrected chi connectivity index (χ3v) is 4.72. The molecule has 0 aliphatic heterocycles. The molecule has 0 aliphatic rings. The lowest BCUT2D eigenvalue weighted by atomic mass is 9.87. The van der Waals surface area contributed by atoms with Crippen LogP contribution in [0.15, 0.2) is 15.3 Å². The molecule has 0 amide bonds. The molecule has 3 heteroatoms. The van der Waals surface area contributed by atoms with Crippen molar-refractivity contribution in [2.75, 3.05) is 0 Å². The fourth-order valence-corrected chi connectivity index (χ4v) is 3.26. The highest BCUT2D eigenvalue weighted by Crippen LogP contribution is 2.29. The van der Waals surface area contributed by atoms with Crippen LogP contribution >= 0.6 is 0 Å². The van der Waals surface area contributed by atoms with Crippen molar-refractivity contribution in [1.82, 2.24) is 0 Å². The van der Waals surface area contributed by atoms with Crippen LogP contribution in [0.25, 0.3) is 5.57 Å². The van der Waals surface area contributed by atoms with Crippen LogP contribution < -0.4 is 5.63 Å². The van der Waals surface area contributed by atoms with Gasteiger partial charge in [0.15, 0.2) is 0 Å². The van der Waals surface area contributed by atoms with Gasteiger partial charge < -0.3 is 9.52 Å². The van der Waals surface area contributed by atoms with Crippen molar-refractivity contribution < 1.29 is 9.52 Å². The van der Waals surface area contributed by atoms with Gasteiger partial charge in [0.2, 0.25) is 0 Å². The molecule has 3 atom stereocenters. The normalized spacial score (nSPS) is 16.2. The summed E-state index contributed by atoms with van der Waals surface area (Å²) in [5, 5.41) is 10.0. The Bertz CT molecular complexity index is 610. The molecular formula is C20H32O3. The topological polar surface area (TPSA) is 50.4 Å². The van der Waals surface area contributed by atoms with Crippen molar-refractivity contribution in [3.05, 3.63) is 33.4 Å². The summed E-state index contributed by atoms with van der Waals surface area (Å²) < 4.78 is 5.39. The van der Waals surface area contributed by atoms with Gasteiger partial charge in [0.25, 0.3) is 0 Å². The highest BCUT2D eigenvalue weighted by molar-refractivity contribution is 5.64. The molecule has 0 bridgehead atoms. The van der Waals surface area contributed by atoms with E-state index in [2.05, 4.69) is 33.8 Å². The summed E-state index contributed by atoms with van der Waals surface area (Å²) in [5.41, 5.74) is 1.36. The van der Waals surface area contributed by atoms with E-state index in [4.69, 9.17) is 4.42 Å². The van der Waals surface area contributed by atoms with Crippen molar-refractivity contribution in [1.29, 1.82) is 0 Å². The highest BCUT2D eigenvalue weighted by atomic mass is 16.4. The molecule has 1 N–H and O–H groups in total. The molecule has 1 aromatic rings. The average molecular weight is 320 g/mol. The molecule has 0 saturated carbocycles. The van der Waals surface area contributed by atoms with E-state index >= 15 is 0 Å². The van der Waals surface area contributed by atoms with Gasteiger partial charge in [-0.05, 0) is 56.9 Å². The molecule has 1 aromatic heterocycles. The molecule has 0 unspecified atom stereocenters. The largest absolute Gasteiger partial charge is 0.507 e. The van der Waals surface area contributed by atoms with E-state index in [0.29, 0.717) is 23.2 Å². The minimum atomic E-state index is -0.464. The Morgan fingerprint density at radius 2 is 1.74 bits per heavy atom. The summed E-state index contributed by atoms with van der Waals surface area (Å²) in [6, 6.07) is 0. The van der Waals surface area contributed by atoms with Crippen molar-refractivity contribution >= 4 is 5.57 Å². The highest BCUT2D eigenvalue weighted by Gasteiger charge is 2.16. The van der Waals surface area contributed by atoms with Crippen molar-refractivity contribution in [2.45, 2.75) is 67.7 Å². The molecule has 23 heavy (non-hydrogen) atoms. The van der Waals surface area contributed by atoms with Crippen LogP contribution in [0.1, 0.15) is 70.8 Å². The number of allylic oxidation sites excluding steroid dienone is 2. The zero-order chi connectivity index (χ0) is 17.7. The minimum absolute atomic E-state index is 0.0433. The Morgan fingerprint density at radius 1 is 1.13 bits per heavy atom. The van der Waals surface area contributed by atoms with Gasteiger partial charge in [-0.25, -0.2) is 4.79 Å². The second kappa shape index (κ2) is 8.37. The molecule has 0 spiro atoms. The Balaban J connectivity index is 2.90. The van der Waals surface area contributed by atoms with Gasteiger partial charge in [0.1, 0.15) is 11.5 Å². The summed E-state index contributed by atoms with van der Waals surface area (Å²) in [7, 11) is 0. The molecule has 1 heterocycles. The fraction of sp³-hybridized carbons (Fsp3) is 0.650. The lowest BCUT2D eigenvalue weighted by molar-refractivity contribution is 0.361. The zero-order valence-electron chi connectivity index (χ0n) is 15.7. The van der Waals surface area contributed by atoms with E-state index in [1.807, 2.05) is 6.92 Å². The van der Waals surface area contributed by atoms with Gasteiger partial charge in [-0.1, -0.05) is 40.2 Å². The average Bonchev–Trinajstić information content (AvgIpc) is 2.47. The molecule has 130 valence electrons. The van der Waals surface area contributed by atoms with Gasteiger partial charge in [0, 0.05) is 5.56 Å². The maximum Gasteiger partial charge on any atom is 0.342 e. The van der Waals surface area contributed by atoms with Crippen LogP contribution in [0.2, 0.25) is 0 Å². The quantitative estimate of drug-likeness (QED) is 0.725. The number of hydrogen-bond acceptors (Lipinski definition) is 3. The second-order valence-electron chi connectivity index (χ2n) is 7.23. The summed E-state index contributed by atoms with van der Waals surface area (Å²) in [6.45, 7) is 14.3. The van der Waals surface area contributed by atoms with Crippen LogP contribution in [-0.4, -0.2) is 5.11 Å². The van der Waals surface area contributed by atoms with Crippen LogP contribution in [-0.2, 0) is 0 Å². The summed E-state index contributed by atoms with van der Waals surface area (Å²) in [4.78, 5) is 11.8. The summed E-state index contributed by atoms with van der Waals surface area (Å²) in [6.07, 6.45) is 5.73. The van der Waals surface area contributed by atoms with Crippen molar-refractivity contribution in [3.8, 4) is 5.75 Å². The lowest BCUT2D eigenvalue weighted by Gasteiger charge is -2.19. The smallest absolute Gasteiger partial charge is 0.342 e. The Labute approximate surface area is 140 Å². The van der Waals surface area contributed by atoms with Crippen molar-refractivity contribution in [3.63, 3.8) is 0 Å². The van der Waals surface area contributed by atoms with E-state index in [-0.39, 0.29) is 11.3 Å². The predicted molar refractivity (Wildman–Crippen MR) is 96.8 cm³/mol. The second-order valence-corrected chi connectivity index (χ2v) is 7.23. The molecule has 0 aromatic carbocycles. The monoisotopic (exact) mass is 320 g/mol. The molecule has 0 fully saturated rings. The van der Waals surface area contributed by atoms with Gasteiger partial charge in [0.05, 0.1) is 5.56 Å². The number of aromatic hydroxyl groups is 1. The zero-order valence-corrected chi connectivity index (χ0v) is 15.7. The molecule has 0 aliphatic carbocycles. The third kappa shape index (κ3) is 5.26. The van der Waals surface area contributed by atoms with Crippen LogP contribution in [0.5, 0.6) is 5.75 Å². The molecule has 0 saturated heterocycles. The van der Waals surface area contributed by atoms with Gasteiger partial charge in [-0.2, -0.15) is 0 Å².